The summed E-state index contributed by atoms with van der Waals surface area (Å²) in [5, 5.41) is 11.4. The van der Waals surface area contributed by atoms with Crippen LogP contribution in [0.4, 0.5) is 0 Å². The van der Waals surface area contributed by atoms with Gasteiger partial charge in [-0.15, -0.1) is 0 Å². The first-order valence-electron chi connectivity index (χ1n) is 7.31. The molecule has 0 heterocycles. The Balaban J connectivity index is 2.28. The molecule has 0 fully saturated rings. The molecule has 3 nitrogen and oxygen atoms in total. The van der Waals surface area contributed by atoms with Crippen LogP contribution in [0, 0.1) is 0 Å². The van der Waals surface area contributed by atoms with Gasteiger partial charge in [-0.3, -0.25) is 9.69 Å². The summed E-state index contributed by atoms with van der Waals surface area (Å²) in [5.41, 5.74) is 1.18. The Morgan fingerprint density at radius 3 is 2.43 bits per heavy atom. The van der Waals surface area contributed by atoms with Crippen molar-refractivity contribution in [2.75, 3.05) is 6.54 Å². The molecule has 3 heteroatoms. The van der Waals surface area contributed by atoms with E-state index in [-0.39, 0.29) is 12.0 Å². The number of benzene rings is 2. The molecule has 0 bridgehead atoms. The lowest BCUT2D eigenvalue weighted by Crippen LogP contribution is -2.42. The number of carbonyl (C=O) groups is 1. The smallest absolute Gasteiger partial charge is 0.304 e. The molecule has 0 amide bonds. The second-order valence-corrected chi connectivity index (χ2v) is 6.37. The van der Waals surface area contributed by atoms with Crippen LogP contribution < -0.4 is 0 Å². The van der Waals surface area contributed by atoms with E-state index < -0.39 is 5.97 Å². The average Bonchev–Trinajstić information content (AvgIpc) is 2.42. The van der Waals surface area contributed by atoms with E-state index in [4.69, 9.17) is 5.11 Å². The highest BCUT2D eigenvalue weighted by molar-refractivity contribution is 5.85. The number of rotatable bonds is 5. The molecule has 0 aliphatic heterocycles. The van der Waals surface area contributed by atoms with Crippen molar-refractivity contribution in [3.05, 3.63) is 48.0 Å². The zero-order chi connectivity index (χ0) is 15.5. The Morgan fingerprint density at radius 2 is 1.76 bits per heavy atom. The first-order chi connectivity index (χ1) is 9.88. The minimum absolute atomic E-state index is 0.0631. The maximum absolute atomic E-state index is 10.9. The van der Waals surface area contributed by atoms with Crippen LogP contribution in [0.5, 0.6) is 0 Å². The monoisotopic (exact) mass is 285 g/mol. The third kappa shape index (κ3) is 4.05. The van der Waals surface area contributed by atoms with Crippen molar-refractivity contribution in [1.82, 2.24) is 4.90 Å². The Hall–Kier alpha value is -1.87. The molecule has 2 aromatic rings. The van der Waals surface area contributed by atoms with E-state index >= 15 is 0 Å². The molecule has 2 aromatic carbocycles. The van der Waals surface area contributed by atoms with Gasteiger partial charge in [-0.1, -0.05) is 42.5 Å². The Kier molecular flexibility index (Phi) is 4.63. The van der Waals surface area contributed by atoms with Crippen LogP contribution in [0.15, 0.2) is 42.5 Å². The van der Waals surface area contributed by atoms with Crippen molar-refractivity contribution < 1.29 is 9.90 Å². The predicted octanol–water partition coefficient (Wildman–Crippen LogP) is 3.92. The molecule has 21 heavy (non-hydrogen) atoms. The van der Waals surface area contributed by atoms with Crippen LogP contribution in [-0.2, 0) is 11.3 Å². The molecule has 1 N–H and O–H groups in total. The molecule has 0 aromatic heterocycles. The minimum Gasteiger partial charge on any atom is -0.481 e. The first-order valence-corrected chi connectivity index (χ1v) is 7.31. The van der Waals surface area contributed by atoms with Crippen LogP contribution in [-0.4, -0.2) is 28.1 Å². The molecular weight excluding hydrogens is 262 g/mol. The van der Waals surface area contributed by atoms with Gasteiger partial charge in [0.05, 0.1) is 6.42 Å². The van der Waals surface area contributed by atoms with Crippen LogP contribution in [0.25, 0.3) is 10.8 Å². The van der Waals surface area contributed by atoms with Gasteiger partial charge in [0.1, 0.15) is 0 Å². The number of hydrogen-bond acceptors (Lipinski definition) is 2. The van der Waals surface area contributed by atoms with E-state index in [9.17, 15) is 4.79 Å². The van der Waals surface area contributed by atoms with Crippen molar-refractivity contribution in [3.8, 4) is 0 Å². The summed E-state index contributed by atoms with van der Waals surface area (Å²) >= 11 is 0. The van der Waals surface area contributed by atoms with Gasteiger partial charge < -0.3 is 5.11 Å². The number of fused-ring (bicyclic) bond motifs is 1. The number of aliphatic carboxylic acids is 1. The minimum atomic E-state index is -0.748. The maximum atomic E-state index is 10.9. The Bertz CT molecular complexity index is 623. The summed E-state index contributed by atoms with van der Waals surface area (Å²) in [7, 11) is 0. The van der Waals surface area contributed by atoms with Gasteiger partial charge in [0.15, 0.2) is 0 Å². The third-order valence-electron chi connectivity index (χ3n) is 3.79. The quantitative estimate of drug-likeness (QED) is 0.905. The highest BCUT2D eigenvalue weighted by atomic mass is 16.4. The lowest BCUT2D eigenvalue weighted by Gasteiger charge is -2.35. The van der Waals surface area contributed by atoms with E-state index in [1.54, 1.807) is 0 Å². The highest BCUT2D eigenvalue weighted by Crippen LogP contribution is 2.23. The fourth-order valence-electron chi connectivity index (χ4n) is 2.52. The van der Waals surface area contributed by atoms with E-state index in [1.165, 1.54) is 16.3 Å². The van der Waals surface area contributed by atoms with Crippen LogP contribution in [0.1, 0.15) is 32.8 Å². The average molecular weight is 285 g/mol. The van der Waals surface area contributed by atoms with Gasteiger partial charge in [0.25, 0.3) is 0 Å². The summed E-state index contributed by atoms with van der Waals surface area (Å²) in [6.45, 7) is 7.69. The van der Waals surface area contributed by atoms with Gasteiger partial charge in [0, 0.05) is 18.6 Å². The lowest BCUT2D eigenvalue weighted by atomic mass is 10.0. The highest BCUT2D eigenvalue weighted by Gasteiger charge is 2.22. The molecule has 0 saturated heterocycles. The SMILES string of the molecule is CC(C)(C)N(CCC(=O)O)Cc1cccc2ccccc12. The molecule has 0 spiro atoms. The van der Waals surface area contributed by atoms with Crippen molar-refractivity contribution in [3.63, 3.8) is 0 Å². The molecule has 0 aliphatic rings. The standard InChI is InChI=1S/C18H23NO2/c1-18(2,3)19(12-11-17(20)21)13-15-9-6-8-14-7-4-5-10-16(14)15/h4-10H,11-13H2,1-3H3,(H,20,21). The zero-order valence-electron chi connectivity index (χ0n) is 13.0. The molecule has 0 radical (unpaired) electrons. The van der Waals surface area contributed by atoms with E-state index in [1.807, 2.05) is 12.1 Å². The molecule has 0 unspecified atom stereocenters. The predicted molar refractivity (Wildman–Crippen MR) is 86.4 cm³/mol. The van der Waals surface area contributed by atoms with Crippen molar-refractivity contribution in [1.29, 1.82) is 0 Å². The van der Waals surface area contributed by atoms with Gasteiger partial charge in [0.2, 0.25) is 0 Å². The van der Waals surface area contributed by atoms with Crippen molar-refractivity contribution in [2.24, 2.45) is 0 Å². The molecule has 0 aliphatic carbocycles. The number of nitrogens with zero attached hydrogens (tertiary/aromatic N) is 1. The van der Waals surface area contributed by atoms with Crippen LogP contribution in [0.2, 0.25) is 0 Å². The molecule has 0 saturated carbocycles. The first kappa shape index (κ1) is 15.5. The lowest BCUT2D eigenvalue weighted by molar-refractivity contribution is -0.137. The number of carboxylic acid groups (broad SMARTS) is 1. The third-order valence-corrected chi connectivity index (χ3v) is 3.79. The summed E-state index contributed by atoms with van der Waals surface area (Å²) in [6.07, 6.45) is 0.169. The van der Waals surface area contributed by atoms with Crippen molar-refractivity contribution in [2.45, 2.75) is 39.3 Å². The summed E-state index contributed by atoms with van der Waals surface area (Å²) in [4.78, 5) is 13.1. The second-order valence-electron chi connectivity index (χ2n) is 6.37. The zero-order valence-corrected chi connectivity index (χ0v) is 13.0. The molecule has 112 valence electrons. The topological polar surface area (TPSA) is 40.5 Å². The van der Waals surface area contributed by atoms with Crippen LogP contribution >= 0.6 is 0 Å². The van der Waals surface area contributed by atoms with E-state index in [0.29, 0.717) is 6.54 Å². The number of carboxylic acids is 1. The largest absolute Gasteiger partial charge is 0.481 e. The van der Waals surface area contributed by atoms with Gasteiger partial charge in [-0.05, 0) is 37.1 Å². The summed E-state index contributed by atoms with van der Waals surface area (Å²) in [6, 6.07) is 14.6. The second kappa shape index (κ2) is 6.27. The van der Waals surface area contributed by atoms with E-state index in [0.717, 1.165) is 6.54 Å². The van der Waals surface area contributed by atoms with Crippen LogP contribution in [0.3, 0.4) is 0 Å². The van der Waals surface area contributed by atoms with Crippen molar-refractivity contribution >= 4 is 16.7 Å². The number of hydrogen-bond donors (Lipinski definition) is 1. The normalized spacial score (nSPS) is 12.0. The Morgan fingerprint density at radius 1 is 1.10 bits per heavy atom. The van der Waals surface area contributed by atoms with Gasteiger partial charge in [-0.2, -0.15) is 0 Å². The van der Waals surface area contributed by atoms with Gasteiger partial charge in [-0.25, -0.2) is 0 Å². The summed E-state index contributed by atoms with van der Waals surface area (Å²) < 4.78 is 0. The summed E-state index contributed by atoms with van der Waals surface area (Å²) in [5.74, 6) is -0.748. The molecule has 0 atom stereocenters. The van der Waals surface area contributed by atoms with Gasteiger partial charge >= 0.3 is 5.97 Å². The molecule has 2 rings (SSSR count). The van der Waals surface area contributed by atoms with E-state index in [2.05, 4.69) is 56.0 Å². The fourth-order valence-corrected chi connectivity index (χ4v) is 2.52. The maximum Gasteiger partial charge on any atom is 0.304 e. The molecular formula is C18H23NO2. The fraction of sp³-hybridized carbons (Fsp3) is 0.389. The Labute approximate surface area is 126 Å².